The molecule has 0 atom stereocenters. The molecule has 0 saturated heterocycles. The number of rotatable bonds is 7. The van der Waals surface area contributed by atoms with E-state index in [2.05, 4.69) is 10.5 Å². The van der Waals surface area contributed by atoms with Crippen LogP contribution in [-0.4, -0.2) is 30.8 Å². The van der Waals surface area contributed by atoms with Crippen molar-refractivity contribution in [1.82, 2.24) is 0 Å². The van der Waals surface area contributed by atoms with Crippen molar-refractivity contribution in [2.45, 2.75) is 0 Å². The average molecular weight is 347 g/mol. The second kappa shape index (κ2) is 8.39. The highest BCUT2D eigenvalue weighted by Crippen LogP contribution is 2.28. The lowest BCUT2D eigenvalue weighted by atomic mass is 10.2. The van der Waals surface area contributed by atoms with Crippen molar-refractivity contribution in [3.05, 3.63) is 64.0 Å². The van der Waals surface area contributed by atoms with Gasteiger partial charge < -0.3 is 14.9 Å². The fraction of sp³-hybridized carbons (Fsp3) is 0.125. The Morgan fingerprint density at radius 3 is 2.84 bits per heavy atom. The molecular weight excluding hydrogens is 333 g/mol. The number of anilines is 1. The minimum Gasteiger partial charge on any atom is -0.494 e. The number of amides is 1. The van der Waals surface area contributed by atoms with Gasteiger partial charge in [0.15, 0.2) is 6.61 Å². The van der Waals surface area contributed by atoms with Gasteiger partial charge in [0.05, 0.1) is 30.0 Å². The van der Waals surface area contributed by atoms with Crippen LogP contribution >= 0.6 is 0 Å². The number of methoxy groups -OCH3 is 1. The number of carbonyl (C=O) groups excluding carboxylic acids is 1. The zero-order chi connectivity index (χ0) is 18.2. The van der Waals surface area contributed by atoms with Crippen LogP contribution in [-0.2, 0) is 9.63 Å². The minimum atomic E-state index is -0.571. The number of carbonyl (C=O) groups is 1. The van der Waals surface area contributed by atoms with Crippen molar-refractivity contribution in [1.29, 1.82) is 0 Å². The zero-order valence-electron chi connectivity index (χ0n) is 13.1. The molecule has 0 fully saturated rings. The van der Waals surface area contributed by atoms with Crippen LogP contribution in [0.1, 0.15) is 5.56 Å². The van der Waals surface area contributed by atoms with E-state index >= 15 is 0 Å². The topological polar surface area (TPSA) is 103 Å². The summed E-state index contributed by atoms with van der Waals surface area (Å²) in [5.41, 5.74) is 0.582. The van der Waals surface area contributed by atoms with E-state index in [-0.39, 0.29) is 17.1 Å². The van der Waals surface area contributed by atoms with Crippen LogP contribution < -0.4 is 10.1 Å². The highest BCUT2D eigenvalue weighted by Gasteiger charge is 2.13. The van der Waals surface area contributed by atoms with Crippen molar-refractivity contribution >= 4 is 23.5 Å². The fourth-order valence-electron chi connectivity index (χ4n) is 1.86. The second-order valence-corrected chi connectivity index (χ2v) is 4.75. The van der Waals surface area contributed by atoms with Crippen LogP contribution in [0.4, 0.5) is 15.8 Å². The number of nitro benzene ring substituents is 1. The summed E-state index contributed by atoms with van der Waals surface area (Å²) in [6.45, 7) is -0.397. The highest BCUT2D eigenvalue weighted by atomic mass is 19.1. The number of non-ortho nitro benzene ring substituents is 1. The molecule has 9 heteroatoms. The summed E-state index contributed by atoms with van der Waals surface area (Å²) in [7, 11) is 1.33. The van der Waals surface area contributed by atoms with E-state index in [0.29, 0.717) is 5.56 Å². The number of hydrogen-bond donors (Lipinski definition) is 1. The summed E-state index contributed by atoms with van der Waals surface area (Å²) in [6.07, 6.45) is 1.27. The predicted octanol–water partition coefficient (Wildman–Crippen LogP) is 2.73. The van der Waals surface area contributed by atoms with Gasteiger partial charge in [-0.2, -0.15) is 0 Å². The first-order valence-corrected chi connectivity index (χ1v) is 7.03. The summed E-state index contributed by atoms with van der Waals surface area (Å²) in [5.74, 6) is -0.804. The number of oxime groups is 1. The van der Waals surface area contributed by atoms with Crippen LogP contribution in [0.15, 0.2) is 47.6 Å². The molecular formula is C16H14FN3O5. The summed E-state index contributed by atoms with van der Waals surface area (Å²) in [5, 5.41) is 16.8. The van der Waals surface area contributed by atoms with Crippen molar-refractivity contribution in [3.63, 3.8) is 0 Å². The van der Waals surface area contributed by atoms with E-state index < -0.39 is 23.3 Å². The Bertz CT molecular complexity index is 810. The average Bonchev–Trinajstić information content (AvgIpc) is 2.59. The lowest BCUT2D eigenvalue weighted by Crippen LogP contribution is -2.17. The Hall–Kier alpha value is -3.49. The summed E-state index contributed by atoms with van der Waals surface area (Å²) >= 11 is 0. The van der Waals surface area contributed by atoms with Crippen molar-refractivity contribution in [3.8, 4) is 5.75 Å². The lowest BCUT2D eigenvalue weighted by molar-refractivity contribution is -0.384. The first-order valence-electron chi connectivity index (χ1n) is 7.03. The second-order valence-electron chi connectivity index (χ2n) is 4.75. The van der Waals surface area contributed by atoms with Gasteiger partial charge in [-0.15, -0.1) is 0 Å². The maximum atomic E-state index is 13.0. The van der Waals surface area contributed by atoms with Gasteiger partial charge in [-0.3, -0.25) is 14.9 Å². The summed E-state index contributed by atoms with van der Waals surface area (Å²) in [4.78, 5) is 26.8. The largest absolute Gasteiger partial charge is 0.494 e. The van der Waals surface area contributed by atoms with Gasteiger partial charge in [-0.25, -0.2) is 4.39 Å². The van der Waals surface area contributed by atoms with E-state index in [9.17, 15) is 19.3 Å². The van der Waals surface area contributed by atoms with Gasteiger partial charge in [0.1, 0.15) is 11.6 Å². The monoisotopic (exact) mass is 347 g/mol. The van der Waals surface area contributed by atoms with Crippen LogP contribution in [0.3, 0.4) is 0 Å². The van der Waals surface area contributed by atoms with Crippen LogP contribution in [0, 0.1) is 15.9 Å². The molecule has 2 rings (SSSR count). The molecule has 2 aromatic carbocycles. The summed E-state index contributed by atoms with van der Waals surface area (Å²) < 4.78 is 18.0. The first-order chi connectivity index (χ1) is 12.0. The Morgan fingerprint density at radius 2 is 2.16 bits per heavy atom. The molecule has 0 saturated carbocycles. The number of nitrogens with zero attached hydrogens (tertiary/aromatic N) is 2. The third kappa shape index (κ3) is 5.27. The van der Waals surface area contributed by atoms with Crippen molar-refractivity contribution < 1.29 is 23.7 Å². The molecule has 0 heterocycles. The third-order valence-corrected chi connectivity index (χ3v) is 2.99. The van der Waals surface area contributed by atoms with Gasteiger partial charge in [0, 0.05) is 6.07 Å². The molecule has 8 nitrogen and oxygen atoms in total. The fourth-order valence-corrected chi connectivity index (χ4v) is 1.86. The lowest BCUT2D eigenvalue weighted by Gasteiger charge is -2.09. The standard InChI is InChI=1S/C16H14FN3O5/c1-24-15-8-13(20(22)23)5-6-14(15)19-16(21)10-25-18-9-11-3-2-4-12(17)7-11/h2-9H,10H2,1H3,(H,19,21)/b18-9-. The van der Waals surface area contributed by atoms with Gasteiger partial charge in [-0.1, -0.05) is 17.3 Å². The Kier molecular flexibility index (Phi) is 5.99. The van der Waals surface area contributed by atoms with E-state index in [1.807, 2.05) is 0 Å². The third-order valence-electron chi connectivity index (χ3n) is 2.99. The molecule has 0 spiro atoms. The van der Waals surface area contributed by atoms with Gasteiger partial charge in [0.25, 0.3) is 11.6 Å². The normalized spacial score (nSPS) is 10.5. The van der Waals surface area contributed by atoms with E-state index in [1.165, 1.54) is 49.7 Å². The number of nitrogens with one attached hydrogen (secondary N) is 1. The maximum absolute atomic E-state index is 13.0. The molecule has 0 bridgehead atoms. The molecule has 0 aliphatic rings. The molecule has 0 unspecified atom stereocenters. The number of benzene rings is 2. The number of halogens is 1. The van der Waals surface area contributed by atoms with Crippen molar-refractivity contribution in [2.75, 3.05) is 19.0 Å². The molecule has 1 amide bonds. The molecule has 0 aliphatic heterocycles. The molecule has 2 aromatic rings. The van der Waals surface area contributed by atoms with Gasteiger partial charge in [-0.05, 0) is 23.8 Å². The van der Waals surface area contributed by atoms with Crippen LogP contribution in [0.5, 0.6) is 5.75 Å². The van der Waals surface area contributed by atoms with Gasteiger partial charge >= 0.3 is 0 Å². The van der Waals surface area contributed by atoms with Crippen LogP contribution in [0.25, 0.3) is 0 Å². The molecule has 0 aliphatic carbocycles. The Morgan fingerprint density at radius 1 is 1.36 bits per heavy atom. The Balaban J connectivity index is 1.91. The number of nitro groups is 1. The van der Waals surface area contributed by atoms with E-state index in [1.54, 1.807) is 6.07 Å². The van der Waals surface area contributed by atoms with Crippen molar-refractivity contribution in [2.24, 2.45) is 5.16 Å². The summed E-state index contributed by atoms with van der Waals surface area (Å²) in [6, 6.07) is 9.48. The molecule has 25 heavy (non-hydrogen) atoms. The molecule has 130 valence electrons. The zero-order valence-corrected chi connectivity index (χ0v) is 13.1. The molecule has 0 radical (unpaired) electrons. The first kappa shape index (κ1) is 17.9. The van der Waals surface area contributed by atoms with E-state index in [4.69, 9.17) is 9.57 Å². The Labute approximate surface area is 142 Å². The maximum Gasteiger partial charge on any atom is 0.273 e. The SMILES string of the molecule is COc1cc([N+](=O)[O-])ccc1NC(=O)CO/N=C\c1cccc(F)c1. The smallest absolute Gasteiger partial charge is 0.273 e. The number of hydrogen-bond acceptors (Lipinski definition) is 6. The molecule has 0 aromatic heterocycles. The number of ether oxygens (including phenoxy) is 1. The quantitative estimate of drug-likeness (QED) is 0.471. The van der Waals surface area contributed by atoms with Crippen LogP contribution in [0.2, 0.25) is 0 Å². The van der Waals surface area contributed by atoms with E-state index in [0.717, 1.165) is 0 Å². The minimum absolute atomic E-state index is 0.144. The predicted molar refractivity (Wildman–Crippen MR) is 88.2 cm³/mol. The highest BCUT2D eigenvalue weighted by molar-refractivity contribution is 5.93. The molecule has 1 N–H and O–H groups in total. The van der Waals surface area contributed by atoms with Gasteiger partial charge in [0.2, 0.25) is 0 Å².